The number of aromatic nitrogens is 2. The fourth-order valence-corrected chi connectivity index (χ4v) is 4.08. The third-order valence-electron chi connectivity index (χ3n) is 2.68. The van der Waals surface area contributed by atoms with E-state index in [1.54, 1.807) is 6.26 Å². The van der Waals surface area contributed by atoms with Crippen LogP contribution in [0.5, 0.6) is 0 Å². The number of thioether (sulfide) groups is 2. The second kappa shape index (κ2) is 7.32. The second-order valence-electron chi connectivity index (χ2n) is 4.27. The molecule has 24 heavy (non-hydrogen) atoms. The minimum Gasteiger partial charge on any atom is -0.287 e. The van der Waals surface area contributed by atoms with Gasteiger partial charge in [0.25, 0.3) is 0 Å². The van der Waals surface area contributed by atoms with Gasteiger partial charge in [-0.05, 0) is 41.8 Å². The monoisotopic (exact) mass is 458 g/mol. The van der Waals surface area contributed by atoms with Crippen molar-refractivity contribution >= 4 is 69.9 Å². The van der Waals surface area contributed by atoms with Crippen LogP contribution < -0.4 is 0 Å². The van der Waals surface area contributed by atoms with E-state index in [1.807, 2.05) is 0 Å². The zero-order valence-corrected chi connectivity index (χ0v) is 16.1. The van der Waals surface area contributed by atoms with Gasteiger partial charge >= 0.3 is 10.1 Å². The van der Waals surface area contributed by atoms with E-state index in [9.17, 15) is 17.6 Å². The molecular weight excluding hydrogens is 454 g/mol. The Labute approximate surface area is 162 Å². The summed E-state index contributed by atoms with van der Waals surface area (Å²) in [6, 6.07) is 1.72. The first-order valence-electron chi connectivity index (χ1n) is 5.88. The molecule has 0 unspecified atom stereocenters. The molecular formula is C12H6Cl4F4N2S2. The van der Waals surface area contributed by atoms with Crippen molar-refractivity contribution in [3.8, 4) is 5.69 Å². The third-order valence-corrected chi connectivity index (χ3v) is 5.08. The summed E-state index contributed by atoms with van der Waals surface area (Å²) in [6.45, 7) is 0. The third kappa shape index (κ3) is 4.80. The Hall–Kier alpha value is 0.01000. The molecule has 0 aliphatic rings. The summed E-state index contributed by atoms with van der Waals surface area (Å²) < 4.78 is 50.6. The highest BCUT2D eigenvalue weighted by Gasteiger charge is 2.33. The molecule has 0 radical (unpaired) electrons. The fraction of sp³-hybridized carbons (Fsp3) is 0.250. The molecule has 0 bridgehead atoms. The van der Waals surface area contributed by atoms with E-state index in [4.69, 9.17) is 46.4 Å². The van der Waals surface area contributed by atoms with Crippen LogP contribution in [0.4, 0.5) is 17.6 Å². The summed E-state index contributed by atoms with van der Waals surface area (Å²) in [5, 5.41) is -0.282. The number of hydrogen-bond donors (Lipinski definition) is 0. The molecule has 0 amide bonds. The maximum atomic E-state index is 13.3. The van der Waals surface area contributed by atoms with E-state index < -0.39 is 15.7 Å². The van der Waals surface area contributed by atoms with E-state index in [2.05, 4.69) is 4.98 Å². The lowest BCUT2D eigenvalue weighted by Crippen LogP contribution is -2.07. The molecule has 0 aliphatic carbocycles. The molecule has 1 aromatic heterocycles. The van der Waals surface area contributed by atoms with Crippen LogP contribution in [0.15, 0.2) is 28.3 Å². The average Bonchev–Trinajstić information content (AvgIpc) is 2.74. The van der Waals surface area contributed by atoms with Gasteiger partial charge in [0.2, 0.25) is 5.28 Å². The molecule has 132 valence electrons. The van der Waals surface area contributed by atoms with Gasteiger partial charge in [0.15, 0.2) is 0 Å². The molecule has 2 rings (SSSR count). The normalized spacial score (nSPS) is 12.7. The molecule has 0 fully saturated rings. The zero-order chi connectivity index (χ0) is 18.3. The van der Waals surface area contributed by atoms with Crippen molar-refractivity contribution in [2.75, 3.05) is 6.26 Å². The van der Waals surface area contributed by atoms with Crippen molar-refractivity contribution in [2.24, 2.45) is 0 Å². The van der Waals surface area contributed by atoms with Crippen LogP contribution in [-0.2, 0) is 6.18 Å². The van der Waals surface area contributed by atoms with Crippen LogP contribution in [0.1, 0.15) is 5.56 Å². The Kier molecular flexibility index (Phi) is 6.20. The lowest BCUT2D eigenvalue weighted by molar-refractivity contribution is -0.137. The van der Waals surface area contributed by atoms with Gasteiger partial charge in [-0.25, -0.2) is 4.98 Å². The van der Waals surface area contributed by atoms with E-state index in [0.717, 1.165) is 23.9 Å². The molecule has 0 N–H and O–H groups in total. The Balaban J connectivity index is 2.57. The maximum absolute atomic E-state index is 13.3. The highest BCUT2D eigenvalue weighted by atomic mass is 35.5. The molecule has 0 atom stereocenters. The van der Waals surface area contributed by atoms with Crippen molar-refractivity contribution < 1.29 is 17.6 Å². The lowest BCUT2D eigenvalue weighted by Gasteiger charge is -2.15. The maximum Gasteiger partial charge on any atom is 0.416 e. The Morgan fingerprint density at radius 2 is 1.75 bits per heavy atom. The molecule has 0 saturated carbocycles. The summed E-state index contributed by atoms with van der Waals surface area (Å²) >= 11 is 23.9. The topological polar surface area (TPSA) is 17.8 Å². The molecule has 1 heterocycles. The summed E-state index contributed by atoms with van der Waals surface area (Å²) in [5.41, 5.74) is -0.703. The van der Waals surface area contributed by atoms with Crippen molar-refractivity contribution in [1.29, 1.82) is 0 Å². The fourth-order valence-electron chi connectivity index (χ4n) is 1.79. The summed E-state index contributed by atoms with van der Waals surface area (Å²) in [7, 11) is 0. The van der Waals surface area contributed by atoms with Gasteiger partial charge in [0.05, 0.1) is 16.3 Å². The molecule has 2 nitrogen and oxygen atoms in total. The van der Waals surface area contributed by atoms with Crippen LogP contribution in [0.2, 0.25) is 10.3 Å². The Morgan fingerprint density at radius 3 is 2.25 bits per heavy atom. The van der Waals surface area contributed by atoms with Gasteiger partial charge in [-0.3, -0.25) is 4.57 Å². The largest absolute Gasteiger partial charge is 0.416 e. The first kappa shape index (κ1) is 20.3. The number of alkyl halides is 6. The number of benzene rings is 1. The molecule has 12 heteroatoms. The SMILES string of the molecule is CSc1cc(C(F)(F)F)cc(Cl)c1-n1cc(SC(F)(Cl)Cl)nc1Cl. The van der Waals surface area contributed by atoms with Crippen LogP contribution in [0, 0.1) is 0 Å². The number of nitrogens with zero attached hydrogens (tertiary/aromatic N) is 2. The second-order valence-corrected chi connectivity index (χ2v) is 8.73. The predicted octanol–water partition coefficient (Wildman–Crippen LogP) is 7.07. The summed E-state index contributed by atoms with van der Waals surface area (Å²) in [4.78, 5) is 4.07. The van der Waals surface area contributed by atoms with Gasteiger partial charge < -0.3 is 0 Å². The van der Waals surface area contributed by atoms with E-state index >= 15 is 0 Å². The van der Waals surface area contributed by atoms with Gasteiger partial charge in [-0.1, -0.05) is 34.8 Å². The number of imidazole rings is 1. The molecule has 0 saturated heterocycles. The van der Waals surface area contributed by atoms with Crippen molar-refractivity contribution in [3.63, 3.8) is 0 Å². The van der Waals surface area contributed by atoms with Gasteiger partial charge in [-0.2, -0.15) is 17.6 Å². The Morgan fingerprint density at radius 1 is 1.12 bits per heavy atom. The molecule has 0 spiro atoms. The highest BCUT2D eigenvalue weighted by Crippen LogP contribution is 2.43. The number of halogens is 8. The van der Waals surface area contributed by atoms with Gasteiger partial charge in [0.1, 0.15) is 5.03 Å². The summed E-state index contributed by atoms with van der Waals surface area (Å²) in [5.74, 6) is 0. The first-order chi connectivity index (χ1) is 10.9. The number of rotatable bonds is 4. The Bertz CT molecular complexity index is 759. The molecule has 2 aromatic rings. The number of hydrogen-bond acceptors (Lipinski definition) is 3. The van der Waals surface area contributed by atoms with Crippen molar-refractivity contribution in [2.45, 2.75) is 20.0 Å². The highest BCUT2D eigenvalue weighted by molar-refractivity contribution is 8.03. The van der Waals surface area contributed by atoms with E-state index in [0.29, 0.717) is 11.8 Å². The minimum atomic E-state index is -4.54. The van der Waals surface area contributed by atoms with Crippen LogP contribution in [-0.4, -0.2) is 19.7 Å². The molecule has 1 aromatic carbocycles. The van der Waals surface area contributed by atoms with E-state index in [1.165, 1.54) is 10.8 Å². The first-order valence-corrected chi connectivity index (χ1v) is 9.43. The van der Waals surface area contributed by atoms with E-state index in [-0.39, 0.29) is 25.9 Å². The van der Waals surface area contributed by atoms with Gasteiger partial charge in [0, 0.05) is 11.1 Å². The average molecular weight is 460 g/mol. The molecule has 0 aliphatic heterocycles. The van der Waals surface area contributed by atoms with Crippen molar-refractivity contribution in [1.82, 2.24) is 9.55 Å². The zero-order valence-electron chi connectivity index (χ0n) is 11.5. The lowest BCUT2D eigenvalue weighted by atomic mass is 10.2. The standard InChI is InChI=1S/C12H6Cl4F4N2S2/c1-23-7-3-5(11(17,18)19)2-6(13)9(7)22-4-8(21-10(22)14)24-12(15,16)20/h2-4H,1H3. The van der Waals surface area contributed by atoms with Crippen LogP contribution in [0.25, 0.3) is 5.69 Å². The van der Waals surface area contributed by atoms with Crippen LogP contribution in [0.3, 0.4) is 0 Å². The summed E-state index contributed by atoms with van der Waals surface area (Å²) in [6.07, 6.45) is -1.68. The predicted molar refractivity (Wildman–Crippen MR) is 91.8 cm³/mol. The van der Waals surface area contributed by atoms with Crippen LogP contribution >= 0.6 is 69.9 Å². The van der Waals surface area contributed by atoms with Gasteiger partial charge in [-0.15, -0.1) is 11.8 Å². The smallest absolute Gasteiger partial charge is 0.287 e. The van der Waals surface area contributed by atoms with Crippen molar-refractivity contribution in [3.05, 3.63) is 34.2 Å². The quantitative estimate of drug-likeness (QED) is 0.276. The minimum absolute atomic E-state index is 0.0375.